The molecule has 1 aliphatic heterocycles. The second-order valence-electron chi connectivity index (χ2n) is 5.11. The van der Waals surface area contributed by atoms with E-state index in [1.54, 1.807) is 0 Å². The first-order valence-electron chi connectivity index (χ1n) is 6.49. The lowest BCUT2D eigenvalue weighted by Crippen LogP contribution is -2.45. The third kappa shape index (κ3) is 3.46. The maximum atomic E-state index is 13.6. The normalized spacial score (nSPS) is 20.2. The van der Waals surface area contributed by atoms with Gasteiger partial charge in [0.15, 0.2) is 0 Å². The summed E-state index contributed by atoms with van der Waals surface area (Å²) >= 11 is 0. The van der Waals surface area contributed by atoms with E-state index in [4.69, 9.17) is 5.73 Å². The van der Waals surface area contributed by atoms with E-state index in [0.29, 0.717) is 13.1 Å². The first kappa shape index (κ1) is 16.9. The Morgan fingerprint density at radius 1 is 1.40 bits per heavy atom. The summed E-state index contributed by atoms with van der Waals surface area (Å²) in [5.74, 6) is -2.02. The number of likely N-dealkylation sites (tertiary alicyclic amines) is 1. The molecule has 112 valence electrons. The number of benzene rings is 1. The van der Waals surface area contributed by atoms with Gasteiger partial charge in [0.1, 0.15) is 17.2 Å². The Balaban J connectivity index is 0.00000200. The van der Waals surface area contributed by atoms with Crippen molar-refractivity contribution in [3.8, 4) is 0 Å². The molecule has 0 radical (unpaired) electrons. The van der Waals surface area contributed by atoms with Crippen molar-refractivity contribution in [2.45, 2.75) is 25.8 Å². The van der Waals surface area contributed by atoms with Crippen LogP contribution in [-0.4, -0.2) is 29.9 Å². The molecule has 0 aromatic heterocycles. The van der Waals surface area contributed by atoms with Crippen LogP contribution >= 0.6 is 12.4 Å². The van der Waals surface area contributed by atoms with Crippen LogP contribution in [0.3, 0.4) is 0 Å². The lowest BCUT2D eigenvalue weighted by molar-refractivity contribution is 0.0651. The summed E-state index contributed by atoms with van der Waals surface area (Å²) in [6, 6.07) is 3.43. The maximum absolute atomic E-state index is 13.6. The monoisotopic (exact) mass is 304 g/mol. The lowest BCUT2D eigenvalue weighted by Gasteiger charge is -2.34. The van der Waals surface area contributed by atoms with Gasteiger partial charge in [0.05, 0.1) is 0 Å². The first-order valence-corrected chi connectivity index (χ1v) is 6.49. The van der Waals surface area contributed by atoms with Crippen LogP contribution in [0.4, 0.5) is 8.78 Å². The number of piperidine rings is 1. The van der Waals surface area contributed by atoms with Crippen molar-refractivity contribution in [3.05, 3.63) is 35.4 Å². The van der Waals surface area contributed by atoms with Crippen LogP contribution in [0.2, 0.25) is 0 Å². The van der Waals surface area contributed by atoms with Crippen molar-refractivity contribution in [1.82, 2.24) is 4.90 Å². The Morgan fingerprint density at radius 3 is 2.55 bits per heavy atom. The van der Waals surface area contributed by atoms with Gasteiger partial charge in [0, 0.05) is 19.1 Å². The van der Waals surface area contributed by atoms with Crippen LogP contribution in [0.5, 0.6) is 0 Å². The summed E-state index contributed by atoms with van der Waals surface area (Å²) in [4.78, 5) is 13.7. The standard InChI is InChI=1S/C14H18F2N2O.ClH/c1-9(17)10-4-3-7-18(8-10)14(19)13-11(15)5-2-6-12(13)16;/h2,5-6,9-10H,3-4,7-8,17H2,1H3;1H. The predicted octanol–water partition coefficient (Wildman–Crippen LogP) is 2.59. The van der Waals surface area contributed by atoms with Crippen LogP contribution in [0.1, 0.15) is 30.1 Å². The van der Waals surface area contributed by atoms with Gasteiger partial charge in [-0.1, -0.05) is 6.07 Å². The van der Waals surface area contributed by atoms with Gasteiger partial charge in [0.2, 0.25) is 0 Å². The number of hydrogen-bond donors (Lipinski definition) is 1. The Labute approximate surface area is 123 Å². The Morgan fingerprint density at radius 2 is 2.00 bits per heavy atom. The number of halogens is 3. The van der Waals surface area contributed by atoms with Crippen LogP contribution in [0.25, 0.3) is 0 Å². The molecule has 1 aromatic carbocycles. The van der Waals surface area contributed by atoms with E-state index in [2.05, 4.69) is 0 Å². The molecule has 1 saturated heterocycles. The largest absolute Gasteiger partial charge is 0.338 e. The predicted molar refractivity (Wildman–Crippen MR) is 75.9 cm³/mol. The highest BCUT2D eigenvalue weighted by Gasteiger charge is 2.29. The molecular weight excluding hydrogens is 286 g/mol. The fraction of sp³-hybridized carbons (Fsp3) is 0.500. The number of rotatable bonds is 2. The van der Waals surface area contributed by atoms with Gasteiger partial charge in [-0.15, -0.1) is 12.4 Å². The third-order valence-corrected chi connectivity index (χ3v) is 3.67. The van der Waals surface area contributed by atoms with Crippen LogP contribution in [-0.2, 0) is 0 Å². The Hall–Kier alpha value is -1.20. The van der Waals surface area contributed by atoms with Crippen molar-refractivity contribution in [1.29, 1.82) is 0 Å². The zero-order valence-corrected chi connectivity index (χ0v) is 12.1. The minimum atomic E-state index is -0.812. The zero-order valence-electron chi connectivity index (χ0n) is 11.3. The average Bonchev–Trinajstić information content (AvgIpc) is 2.38. The number of carbonyl (C=O) groups is 1. The molecule has 0 spiro atoms. The SMILES string of the molecule is CC(N)C1CCCN(C(=O)c2c(F)cccc2F)C1.Cl. The topological polar surface area (TPSA) is 46.3 Å². The fourth-order valence-electron chi connectivity index (χ4n) is 2.48. The summed E-state index contributed by atoms with van der Waals surface area (Å²) < 4.78 is 27.2. The van der Waals surface area contributed by atoms with Crippen LogP contribution < -0.4 is 5.73 Å². The molecule has 20 heavy (non-hydrogen) atoms. The number of amides is 1. The molecule has 1 aliphatic rings. The lowest BCUT2D eigenvalue weighted by atomic mass is 9.92. The minimum absolute atomic E-state index is 0. The molecule has 6 heteroatoms. The summed E-state index contributed by atoms with van der Waals surface area (Å²) in [5, 5.41) is 0. The molecule has 2 rings (SSSR count). The molecule has 2 N–H and O–H groups in total. The van der Waals surface area contributed by atoms with E-state index < -0.39 is 23.1 Å². The summed E-state index contributed by atoms with van der Waals surface area (Å²) in [5.41, 5.74) is 5.38. The number of nitrogens with two attached hydrogens (primary N) is 1. The Kier molecular flexibility index (Phi) is 5.89. The molecule has 3 nitrogen and oxygen atoms in total. The highest BCUT2D eigenvalue weighted by atomic mass is 35.5. The van der Waals surface area contributed by atoms with Crippen molar-refractivity contribution in [3.63, 3.8) is 0 Å². The molecule has 2 unspecified atom stereocenters. The summed E-state index contributed by atoms with van der Waals surface area (Å²) in [6.07, 6.45) is 1.76. The second kappa shape index (κ2) is 6.99. The van der Waals surface area contributed by atoms with Crippen molar-refractivity contribution in [2.24, 2.45) is 11.7 Å². The van der Waals surface area contributed by atoms with Gasteiger partial charge in [0.25, 0.3) is 5.91 Å². The van der Waals surface area contributed by atoms with E-state index in [9.17, 15) is 13.6 Å². The van der Waals surface area contributed by atoms with Crippen molar-refractivity contribution >= 4 is 18.3 Å². The highest BCUT2D eigenvalue weighted by Crippen LogP contribution is 2.22. The molecule has 0 aliphatic carbocycles. The second-order valence-corrected chi connectivity index (χ2v) is 5.11. The van der Waals surface area contributed by atoms with Gasteiger partial charge < -0.3 is 10.6 Å². The van der Waals surface area contributed by atoms with Crippen LogP contribution in [0, 0.1) is 17.6 Å². The molecule has 1 amide bonds. The van der Waals surface area contributed by atoms with Crippen molar-refractivity contribution < 1.29 is 13.6 Å². The van der Waals surface area contributed by atoms with Gasteiger partial charge in [-0.3, -0.25) is 4.79 Å². The third-order valence-electron chi connectivity index (χ3n) is 3.67. The first-order chi connectivity index (χ1) is 9.00. The highest BCUT2D eigenvalue weighted by molar-refractivity contribution is 5.94. The maximum Gasteiger partial charge on any atom is 0.259 e. The molecule has 0 bridgehead atoms. The van der Waals surface area contributed by atoms with Gasteiger partial charge >= 0.3 is 0 Å². The number of nitrogens with zero attached hydrogens (tertiary/aromatic N) is 1. The summed E-state index contributed by atoms with van der Waals surface area (Å²) in [6.45, 7) is 2.88. The van der Waals surface area contributed by atoms with E-state index in [-0.39, 0.29) is 24.4 Å². The zero-order chi connectivity index (χ0) is 14.0. The summed E-state index contributed by atoms with van der Waals surface area (Å²) in [7, 11) is 0. The fourth-order valence-corrected chi connectivity index (χ4v) is 2.48. The number of carbonyl (C=O) groups excluding carboxylic acids is 1. The molecular formula is C14H19ClF2N2O. The smallest absolute Gasteiger partial charge is 0.259 e. The minimum Gasteiger partial charge on any atom is -0.338 e. The van der Waals surface area contributed by atoms with Gasteiger partial charge in [-0.05, 0) is 37.8 Å². The van der Waals surface area contributed by atoms with Gasteiger partial charge in [-0.25, -0.2) is 8.78 Å². The van der Waals surface area contributed by atoms with Crippen molar-refractivity contribution in [2.75, 3.05) is 13.1 Å². The van der Waals surface area contributed by atoms with Crippen LogP contribution in [0.15, 0.2) is 18.2 Å². The molecule has 1 fully saturated rings. The molecule has 1 aromatic rings. The number of hydrogen-bond acceptors (Lipinski definition) is 2. The molecule has 0 saturated carbocycles. The van der Waals surface area contributed by atoms with E-state index in [1.165, 1.54) is 11.0 Å². The quantitative estimate of drug-likeness (QED) is 0.913. The van der Waals surface area contributed by atoms with E-state index >= 15 is 0 Å². The Bertz CT molecular complexity index is 462. The van der Waals surface area contributed by atoms with E-state index in [1.807, 2.05) is 6.92 Å². The average molecular weight is 305 g/mol. The van der Waals surface area contributed by atoms with Gasteiger partial charge in [-0.2, -0.15) is 0 Å². The van der Waals surface area contributed by atoms with E-state index in [0.717, 1.165) is 25.0 Å². The molecule has 1 heterocycles. The molecule has 2 atom stereocenters.